The second-order valence-corrected chi connectivity index (χ2v) is 17.4. The summed E-state index contributed by atoms with van der Waals surface area (Å²) in [4.78, 5) is 37.1. The van der Waals surface area contributed by atoms with Crippen molar-refractivity contribution in [3.8, 4) is 0 Å². The number of esters is 2. The monoisotopic (exact) mass is 882 g/mol. The minimum atomic E-state index is -1.64. The second kappa shape index (κ2) is 45.1. The van der Waals surface area contributed by atoms with Crippen LogP contribution < -0.4 is 5.11 Å². The van der Waals surface area contributed by atoms with Gasteiger partial charge in [0.2, 0.25) is 0 Å². The molecule has 0 saturated carbocycles. The van der Waals surface area contributed by atoms with Crippen molar-refractivity contribution < 1.29 is 42.9 Å². The number of likely N-dealkylation sites (N-methyl/N-ethyl adjacent to an activating group) is 1. The van der Waals surface area contributed by atoms with E-state index < -0.39 is 24.3 Å². The number of carbonyl (C=O) groups is 3. The molecular weight excluding hydrogens is 791 g/mol. The van der Waals surface area contributed by atoms with Crippen molar-refractivity contribution in [2.24, 2.45) is 0 Å². The Morgan fingerprint density at radius 3 is 1.37 bits per heavy atom. The van der Waals surface area contributed by atoms with Crippen LogP contribution in [0.5, 0.6) is 0 Å². The zero-order chi connectivity index (χ0) is 46.3. The fraction of sp³-hybridized carbons (Fsp3) is 0.685. The van der Waals surface area contributed by atoms with Gasteiger partial charge in [-0.2, -0.15) is 0 Å². The third-order valence-corrected chi connectivity index (χ3v) is 10.1. The number of carbonyl (C=O) groups excluding carboxylic acids is 3. The van der Waals surface area contributed by atoms with Crippen LogP contribution in [-0.4, -0.2) is 82.3 Å². The largest absolute Gasteiger partial charge is 0.545 e. The van der Waals surface area contributed by atoms with Crippen molar-refractivity contribution in [1.29, 1.82) is 0 Å². The molecule has 0 aliphatic carbocycles. The normalized spacial score (nSPS) is 13.6. The summed E-state index contributed by atoms with van der Waals surface area (Å²) >= 11 is 0. The molecule has 0 rings (SSSR count). The summed E-state index contributed by atoms with van der Waals surface area (Å²) in [6.07, 6.45) is 54.7. The van der Waals surface area contributed by atoms with Crippen LogP contribution in [-0.2, 0) is 33.3 Å². The maximum absolute atomic E-state index is 12.8. The summed E-state index contributed by atoms with van der Waals surface area (Å²) in [5.74, 6) is -2.34. The van der Waals surface area contributed by atoms with Crippen LogP contribution in [0, 0.1) is 0 Å². The fourth-order valence-electron chi connectivity index (χ4n) is 6.30. The Hall–Kier alpha value is -3.53. The fourth-order valence-corrected chi connectivity index (χ4v) is 6.30. The first-order chi connectivity index (χ1) is 30.6. The van der Waals surface area contributed by atoms with Crippen LogP contribution in [0.2, 0.25) is 0 Å². The molecule has 360 valence electrons. The van der Waals surface area contributed by atoms with Crippen LogP contribution in [0.25, 0.3) is 0 Å². The third-order valence-electron chi connectivity index (χ3n) is 10.1. The van der Waals surface area contributed by atoms with Gasteiger partial charge in [0.1, 0.15) is 13.2 Å². The molecule has 0 aliphatic heterocycles. The molecule has 2 atom stereocenters. The highest BCUT2D eigenvalue weighted by atomic mass is 16.7. The van der Waals surface area contributed by atoms with Crippen LogP contribution in [0.15, 0.2) is 85.1 Å². The van der Waals surface area contributed by atoms with Crippen molar-refractivity contribution in [3.63, 3.8) is 0 Å². The van der Waals surface area contributed by atoms with Gasteiger partial charge in [0.15, 0.2) is 12.4 Å². The lowest BCUT2D eigenvalue weighted by atomic mass is 10.1. The van der Waals surface area contributed by atoms with E-state index in [1.165, 1.54) is 57.8 Å². The Bertz CT molecular complexity index is 1300. The average Bonchev–Trinajstić information content (AvgIpc) is 3.24. The van der Waals surface area contributed by atoms with Crippen molar-refractivity contribution in [1.82, 2.24) is 0 Å². The van der Waals surface area contributed by atoms with E-state index in [1.807, 2.05) is 21.1 Å². The first-order valence-corrected chi connectivity index (χ1v) is 24.7. The quantitative estimate of drug-likeness (QED) is 0.0196. The first kappa shape index (κ1) is 59.5. The number of carboxylic acids is 1. The predicted molar refractivity (Wildman–Crippen MR) is 260 cm³/mol. The molecule has 0 aromatic heterocycles. The van der Waals surface area contributed by atoms with E-state index in [2.05, 4.69) is 98.9 Å². The standard InChI is InChI=1S/C54H91NO8/c1-6-8-10-12-14-16-18-20-22-24-26-28-30-32-34-36-38-40-42-44-51(56)61-48-50(49-62-54(53(58)59)60-47-46-55(3,4)5)63-52(57)45-43-41-39-37-35-33-31-29-27-25-23-21-19-17-15-13-11-9-7-2/h9,11,14-17,20-23,27,29,33,35,50,54H,6-8,10,12-13,18-19,24-26,28,30-32,34,36-49H2,1-5H3/b11-9-,16-14-,17-15-,22-20-,23-21-,29-27-,35-33-. The van der Waals surface area contributed by atoms with E-state index in [4.69, 9.17) is 18.9 Å². The number of quaternary nitrogens is 1. The van der Waals surface area contributed by atoms with E-state index in [0.717, 1.165) is 89.9 Å². The maximum Gasteiger partial charge on any atom is 0.306 e. The lowest BCUT2D eigenvalue weighted by Gasteiger charge is -2.26. The minimum Gasteiger partial charge on any atom is -0.545 e. The number of hydrogen-bond acceptors (Lipinski definition) is 8. The number of allylic oxidation sites excluding steroid dienone is 14. The molecule has 0 bridgehead atoms. The van der Waals surface area contributed by atoms with Crippen LogP contribution >= 0.6 is 0 Å². The summed E-state index contributed by atoms with van der Waals surface area (Å²) in [5, 5.41) is 11.7. The number of aliphatic carboxylic acids is 1. The molecule has 0 heterocycles. The topological polar surface area (TPSA) is 111 Å². The van der Waals surface area contributed by atoms with Crippen LogP contribution in [0.1, 0.15) is 181 Å². The number of rotatable bonds is 44. The highest BCUT2D eigenvalue weighted by Gasteiger charge is 2.21. The molecule has 0 aromatic rings. The van der Waals surface area contributed by atoms with Crippen LogP contribution in [0.4, 0.5) is 0 Å². The summed E-state index contributed by atoms with van der Waals surface area (Å²) in [5.41, 5.74) is 0. The van der Waals surface area contributed by atoms with Gasteiger partial charge >= 0.3 is 11.9 Å². The zero-order valence-corrected chi connectivity index (χ0v) is 40.7. The summed E-state index contributed by atoms with van der Waals surface area (Å²) in [7, 11) is 5.89. The molecule has 9 heteroatoms. The molecular formula is C54H91NO8. The molecule has 0 fully saturated rings. The van der Waals surface area contributed by atoms with E-state index in [1.54, 1.807) is 0 Å². The SMILES string of the molecule is CC/C=C\C/C=C\C/C=C\C/C=C\C/C=C\CCCCCC(=O)OC(COC(=O)CCCCCCCCCCC/C=C\C/C=C\CCCCC)COC(OCC[N+](C)(C)C)C(=O)[O-]. The lowest BCUT2D eigenvalue weighted by Crippen LogP contribution is -2.44. The number of nitrogens with zero attached hydrogens (tertiary/aromatic N) is 1. The Kier molecular flexibility index (Phi) is 42.5. The summed E-state index contributed by atoms with van der Waals surface area (Å²) < 4.78 is 22.6. The Morgan fingerprint density at radius 2 is 0.905 bits per heavy atom. The van der Waals surface area contributed by atoms with Crippen molar-refractivity contribution >= 4 is 17.9 Å². The highest BCUT2D eigenvalue weighted by Crippen LogP contribution is 2.13. The maximum atomic E-state index is 12.8. The molecule has 2 unspecified atom stereocenters. The van der Waals surface area contributed by atoms with Gasteiger partial charge in [0, 0.05) is 12.8 Å². The average molecular weight is 882 g/mol. The van der Waals surface area contributed by atoms with Gasteiger partial charge in [-0.1, -0.05) is 163 Å². The van der Waals surface area contributed by atoms with Crippen molar-refractivity contribution in [2.45, 2.75) is 193 Å². The Labute approximate surface area is 385 Å². The lowest BCUT2D eigenvalue weighted by molar-refractivity contribution is -0.870. The molecule has 0 saturated heterocycles. The van der Waals surface area contributed by atoms with Crippen LogP contribution in [0.3, 0.4) is 0 Å². The predicted octanol–water partition coefficient (Wildman–Crippen LogP) is 12.3. The van der Waals surface area contributed by atoms with Gasteiger partial charge in [-0.25, -0.2) is 0 Å². The van der Waals surface area contributed by atoms with E-state index in [9.17, 15) is 19.5 Å². The molecule has 0 aromatic carbocycles. The molecule has 9 nitrogen and oxygen atoms in total. The first-order valence-electron chi connectivity index (χ1n) is 24.7. The highest BCUT2D eigenvalue weighted by molar-refractivity contribution is 5.70. The molecule has 0 radical (unpaired) electrons. The molecule has 0 aliphatic rings. The van der Waals surface area contributed by atoms with Gasteiger partial charge in [0.05, 0.1) is 40.3 Å². The molecule has 0 N–H and O–H groups in total. The van der Waals surface area contributed by atoms with Gasteiger partial charge < -0.3 is 33.3 Å². The van der Waals surface area contributed by atoms with Gasteiger partial charge in [-0.15, -0.1) is 0 Å². The summed E-state index contributed by atoms with van der Waals surface area (Å²) in [6.45, 7) is 4.54. The van der Waals surface area contributed by atoms with Crippen molar-refractivity contribution in [2.75, 3.05) is 47.5 Å². The number of hydrogen-bond donors (Lipinski definition) is 0. The second-order valence-electron chi connectivity index (χ2n) is 17.4. The van der Waals surface area contributed by atoms with Gasteiger partial charge in [-0.3, -0.25) is 9.59 Å². The van der Waals surface area contributed by atoms with E-state index in [-0.39, 0.29) is 38.6 Å². The molecule has 0 amide bonds. The van der Waals surface area contributed by atoms with Gasteiger partial charge in [0.25, 0.3) is 0 Å². The minimum absolute atomic E-state index is 0.136. The Balaban J connectivity index is 4.46. The van der Waals surface area contributed by atoms with E-state index in [0.29, 0.717) is 17.4 Å². The smallest absolute Gasteiger partial charge is 0.306 e. The summed E-state index contributed by atoms with van der Waals surface area (Å²) in [6, 6.07) is 0. The number of ether oxygens (including phenoxy) is 4. The Morgan fingerprint density at radius 1 is 0.492 bits per heavy atom. The van der Waals surface area contributed by atoms with Gasteiger partial charge in [-0.05, 0) is 89.9 Å². The molecule has 63 heavy (non-hydrogen) atoms. The number of carboxylic acid groups (broad SMARTS) is 1. The zero-order valence-electron chi connectivity index (χ0n) is 40.7. The van der Waals surface area contributed by atoms with Crippen molar-refractivity contribution in [3.05, 3.63) is 85.1 Å². The third kappa shape index (κ3) is 46.3. The molecule has 0 spiro atoms. The number of unbranched alkanes of at least 4 members (excludes halogenated alkanes) is 15. The van der Waals surface area contributed by atoms with E-state index >= 15 is 0 Å².